The summed E-state index contributed by atoms with van der Waals surface area (Å²) in [5.41, 5.74) is 0.317. The molecule has 2 rings (SSSR count). The van der Waals surface area contributed by atoms with Crippen LogP contribution >= 0.6 is 0 Å². The Balaban J connectivity index is 1.74. The van der Waals surface area contributed by atoms with Crippen molar-refractivity contribution in [1.82, 2.24) is 10.6 Å². The highest BCUT2D eigenvalue weighted by Gasteiger charge is 2.16. The van der Waals surface area contributed by atoms with Gasteiger partial charge in [0.25, 0.3) is 11.8 Å². The molecule has 0 saturated carbocycles. The number of hydrogen-bond acceptors (Lipinski definition) is 6. The molecule has 1 atom stereocenters. The molecule has 1 heterocycles. The molecule has 0 bridgehead atoms. The molecule has 8 nitrogen and oxygen atoms in total. The summed E-state index contributed by atoms with van der Waals surface area (Å²) < 4.78 is 15.4. The largest absolute Gasteiger partial charge is 0.493 e. The zero-order valence-electron chi connectivity index (χ0n) is 15.2. The lowest BCUT2D eigenvalue weighted by Crippen LogP contribution is -2.34. The summed E-state index contributed by atoms with van der Waals surface area (Å²) in [6.07, 6.45) is 1.50. The van der Waals surface area contributed by atoms with Crippen LogP contribution < -0.4 is 15.4 Å². The first-order valence-corrected chi connectivity index (χ1v) is 8.49. The van der Waals surface area contributed by atoms with Crippen LogP contribution in [0.5, 0.6) is 5.75 Å². The maximum Gasteiger partial charge on any atom is 0.325 e. The average molecular weight is 374 g/mol. The molecule has 0 radical (unpaired) electrons. The molecule has 27 heavy (non-hydrogen) atoms. The first kappa shape index (κ1) is 20.0. The van der Waals surface area contributed by atoms with E-state index in [-0.39, 0.29) is 12.6 Å². The fourth-order valence-corrected chi connectivity index (χ4v) is 2.27. The Bertz CT molecular complexity index is 772. The van der Waals surface area contributed by atoms with Crippen LogP contribution in [0, 0.1) is 0 Å². The molecule has 144 valence electrons. The second-order valence-corrected chi connectivity index (χ2v) is 5.58. The van der Waals surface area contributed by atoms with Gasteiger partial charge in [-0.2, -0.15) is 0 Å². The predicted molar refractivity (Wildman–Crippen MR) is 96.2 cm³/mol. The van der Waals surface area contributed by atoms with Gasteiger partial charge in [0.2, 0.25) is 0 Å². The lowest BCUT2D eigenvalue weighted by Gasteiger charge is -2.12. The van der Waals surface area contributed by atoms with Crippen molar-refractivity contribution in [3.63, 3.8) is 0 Å². The van der Waals surface area contributed by atoms with E-state index in [1.807, 2.05) is 6.92 Å². The van der Waals surface area contributed by atoms with E-state index < -0.39 is 24.4 Å². The van der Waals surface area contributed by atoms with Gasteiger partial charge in [-0.1, -0.05) is 12.1 Å². The molecule has 1 aromatic carbocycles. The monoisotopic (exact) mass is 374 g/mol. The topological polar surface area (TPSA) is 107 Å². The van der Waals surface area contributed by atoms with Gasteiger partial charge in [0.1, 0.15) is 18.1 Å². The molecule has 0 aliphatic carbocycles. The minimum absolute atomic E-state index is 0.317. The van der Waals surface area contributed by atoms with E-state index in [1.54, 1.807) is 43.3 Å². The van der Waals surface area contributed by atoms with Gasteiger partial charge in [0.15, 0.2) is 6.61 Å². The van der Waals surface area contributed by atoms with Crippen molar-refractivity contribution in [3.8, 4) is 5.75 Å². The van der Waals surface area contributed by atoms with Crippen molar-refractivity contribution in [2.24, 2.45) is 0 Å². The number of nitrogens with one attached hydrogen (secondary N) is 2. The van der Waals surface area contributed by atoms with Gasteiger partial charge in [-0.05, 0) is 38.1 Å². The van der Waals surface area contributed by atoms with E-state index in [9.17, 15) is 14.4 Å². The van der Waals surface area contributed by atoms with Crippen molar-refractivity contribution < 1.29 is 28.3 Å². The summed E-state index contributed by atoms with van der Waals surface area (Å²) in [6.45, 7) is 3.16. The Morgan fingerprint density at radius 2 is 1.93 bits per heavy atom. The van der Waals surface area contributed by atoms with E-state index in [1.165, 1.54) is 6.26 Å². The summed E-state index contributed by atoms with van der Waals surface area (Å²) in [5.74, 6) is -0.641. The first-order valence-electron chi connectivity index (χ1n) is 8.49. The van der Waals surface area contributed by atoms with Crippen LogP contribution in [0.2, 0.25) is 0 Å². The SMILES string of the molecule is CCOc1ccccc1C(=O)NCC(=O)OCC(=O)N[C@H](C)c1ccco1. The molecule has 0 spiro atoms. The van der Waals surface area contributed by atoms with Crippen LogP contribution in [0.25, 0.3) is 0 Å². The lowest BCUT2D eigenvalue weighted by atomic mass is 10.2. The van der Waals surface area contributed by atoms with E-state index in [0.29, 0.717) is 23.7 Å². The summed E-state index contributed by atoms with van der Waals surface area (Å²) in [7, 11) is 0. The Hall–Kier alpha value is -3.29. The summed E-state index contributed by atoms with van der Waals surface area (Å²) >= 11 is 0. The van der Waals surface area contributed by atoms with E-state index in [0.717, 1.165) is 0 Å². The standard InChI is InChI=1S/C19H22N2O6/c1-3-25-16-8-5-4-7-14(16)19(24)20-11-18(23)27-12-17(22)21-13(2)15-9-6-10-26-15/h4-10,13H,3,11-12H2,1-2H3,(H,20,24)(H,21,22)/t13-/m1/s1. The third kappa shape index (κ3) is 6.18. The second-order valence-electron chi connectivity index (χ2n) is 5.58. The number of ether oxygens (including phenoxy) is 2. The predicted octanol–water partition coefficient (Wildman–Crippen LogP) is 1.83. The highest BCUT2D eigenvalue weighted by atomic mass is 16.5. The maximum absolute atomic E-state index is 12.2. The Labute approximate surface area is 156 Å². The zero-order valence-corrected chi connectivity index (χ0v) is 15.2. The van der Waals surface area contributed by atoms with Crippen molar-refractivity contribution in [3.05, 3.63) is 54.0 Å². The molecule has 0 unspecified atom stereocenters. The summed E-state index contributed by atoms with van der Waals surface area (Å²) in [5, 5.41) is 5.08. The number of esters is 1. The number of furan rings is 1. The van der Waals surface area contributed by atoms with Crippen molar-refractivity contribution >= 4 is 17.8 Å². The molecule has 0 saturated heterocycles. The first-order chi connectivity index (χ1) is 13.0. The molecular formula is C19H22N2O6. The number of hydrogen-bond donors (Lipinski definition) is 2. The van der Waals surface area contributed by atoms with E-state index in [4.69, 9.17) is 13.9 Å². The minimum Gasteiger partial charge on any atom is -0.493 e. The van der Waals surface area contributed by atoms with Crippen LogP contribution in [0.1, 0.15) is 36.0 Å². The summed E-state index contributed by atoms with van der Waals surface area (Å²) in [6, 6.07) is 9.80. The Morgan fingerprint density at radius 3 is 2.63 bits per heavy atom. The zero-order chi connectivity index (χ0) is 19.6. The fraction of sp³-hybridized carbons (Fsp3) is 0.316. The van der Waals surface area contributed by atoms with Gasteiger partial charge < -0.3 is 24.5 Å². The van der Waals surface area contributed by atoms with Gasteiger partial charge in [0.05, 0.1) is 24.5 Å². The number of carbonyl (C=O) groups excluding carboxylic acids is 3. The third-order valence-electron chi connectivity index (χ3n) is 3.54. The van der Waals surface area contributed by atoms with Gasteiger partial charge in [-0.3, -0.25) is 14.4 Å². The molecule has 1 aromatic heterocycles. The van der Waals surface area contributed by atoms with E-state index in [2.05, 4.69) is 10.6 Å². The molecule has 2 N–H and O–H groups in total. The highest BCUT2D eigenvalue weighted by molar-refractivity contribution is 5.98. The van der Waals surface area contributed by atoms with Gasteiger partial charge in [0, 0.05) is 0 Å². The molecule has 8 heteroatoms. The van der Waals surface area contributed by atoms with Crippen LogP contribution in [0.3, 0.4) is 0 Å². The average Bonchev–Trinajstić information content (AvgIpc) is 3.20. The van der Waals surface area contributed by atoms with Gasteiger partial charge >= 0.3 is 5.97 Å². The van der Waals surface area contributed by atoms with Crippen LogP contribution in [0.15, 0.2) is 47.1 Å². The summed E-state index contributed by atoms with van der Waals surface area (Å²) in [4.78, 5) is 35.7. The van der Waals surface area contributed by atoms with E-state index >= 15 is 0 Å². The number of rotatable bonds is 9. The van der Waals surface area contributed by atoms with Crippen molar-refractivity contribution in [2.75, 3.05) is 19.8 Å². The van der Waals surface area contributed by atoms with Gasteiger partial charge in [-0.25, -0.2) is 0 Å². The molecule has 0 fully saturated rings. The number of amides is 2. The quantitative estimate of drug-likeness (QED) is 0.649. The van der Waals surface area contributed by atoms with Gasteiger partial charge in [-0.15, -0.1) is 0 Å². The van der Waals surface area contributed by atoms with Crippen LogP contribution in [0.4, 0.5) is 0 Å². The highest BCUT2D eigenvalue weighted by Crippen LogP contribution is 2.17. The number of benzene rings is 1. The van der Waals surface area contributed by atoms with Crippen LogP contribution in [-0.4, -0.2) is 37.5 Å². The number of para-hydroxylation sites is 1. The third-order valence-corrected chi connectivity index (χ3v) is 3.54. The molecule has 0 aliphatic heterocycles. The minimum atomic E-state index is -0.724. The van der Waals surface area contributed by atoms with Crippen molar-refractivity contribution in [1.29, 1.82) is 0 Å². The smallest absolute Gasteiger partial charge is 0.325 e. The maximum atomic E-state index is 12.2. The molecular weight excluding hydrogens is 352 g/mol. The Morgan fingerprint density at radius 1 is 1.15 bits per heavy atom. The molecule has 2 amide bonds. The second kappa shape index (κ2) is 10.0. The normalized spacial score (nSPS) is 11.3. The Kier molecular flexibility index (Phi) is 7.42. The number of carbonyl (C=O) groups is 3. The molecule has 0 aliphatic rings. The molecule has 2 aromatic rings. The van der Waals surface area contributed by atoms with Crippen LogP contribution in [-0.2, 0) is 14.3 Å². The fourth-order valence-electron chi connectivity index (χ4n) is 2.27. The van der Waals surface area contributed by atoms with Crippen molar-refractivity contribution in [2.45, 2.75) is 19.9 Å². The lowest BCUT2D eigenvalue weighted by molar-refractivity contribution is -0.147.